The van der Waals surface area contributed by atoms with E-state index in [4.69, 9.17) is 0 Å². The highest BCUT2D eigenvalue weighted by molar-refractivity contribution is 5.95. The molecule has 2 rings (SSSR count). The average molecular weight is 207 g/mol. The van der Waals surface area contributed by atoms with Crippen molar-refractivity contribution in [2.24, 2.45) is 5.92 Å². The summed E-state index contributed by atoms with van der Waals surface area (Å²) in [5.41, 5.74) is 0.760. The van der Waals surface area contributed by atoms with E-state index in [1.54, 1.807) is 6.20 Å². The summed E-state index contributed by atoms with van der Waals surface area (Å²) in [4.78, 5) is 11.8. The van der Waals surface area contributed by atoms with Gasteiger partial charge in [-0.2, -0.15) is 5.10 Å². The largest absolute Gasteiger partial charge is 0.316 e. The minimum atomic E-state index is 0.226. The Morgan fingerprint density at radius 1 is 1.67 bits per heavy atom. The predicted octanol–water partition coefficient (Wildman–Crippen LogP) is 1.09. The van der Waals surface area contributed by atoms with Crippen LogP contribution in [0.2, 0.25) is 0 Å². The van der Waals surface area contributed by atoms with Crippen LogP contribution in [0, 0.1) is 5.92 Å². The fourth-order valence-corrected chi connectivity index (χ4v) is 1.73. The third-order valence-electron chi connectivity index (χ3n) is 2.75. The zero-order chi connectivity index (χ0) is 10.7. The van der Waals surface area contributed by atoms with Gasteiger partial charge in [0.25, 0.3) is 0 Å². The fraction of sp³-hybridized carbons (Fsp3) is 0.636. The van der Waals surface area contributed by atoms with Gasteiger partial charge in [0, 0.05) is 19.2 Å². The topological polar surface area (TPSA) is 46.9 Å². The van der Waals surface area contributed by atoms with Crippen molar-refractivity contribution in [2.75, 3.05) is 13.1 Å². The first-order valence-corrected chi connectivity index (χ1v) is 5.56. The van der Waals surface area contributed by atoms with Crippen molar-refractivity contribution in [3.8, 4) is 0 Å². The molecule has 0 aromatic carbocycles. The Bertz CT molecular complexity index is 341. The lowest BCUT2D eigenvalue weighted by atomic mass is 9.95. The molecule has 4 nitrogen and oxygen atoms in total. The molecule has 4 heteroatoms. The highest BCUT2D eigenvalue weighted by Gasteiger charge is 2.21. The second-order valence-electron chi connectivity index (χ2n) is 4.14. The molecule has 0 spiro atoms. The fourth-order valence-electron chi connectivity index (χ4n) is 1.73. The molecule has 1 aromatic heterocycles. The van der Waals surface area contributed by atoms with Gasteiger partial charge in [0.1, 0.15) is 0 Å². The van der Waals surface area contributed by atoms with Gasteiger partial charge in [0.15, 0.2) is 5.78 Å². The van der Waals surface area contributed by atoms with Gasteiger partial charge < -0.3 is 5.32 Å². The number of Topliss-reactive ketones (excluding diaryl/α,β-unsaturated/α-hetero) is 1. The Morgan fingerprint density at radius 2 is 2.47 bits per heavy atom. The number of ketones is 1. The van der Waals surface area contributed by atoms with Crippen LogP contribution < -0.4 is 5.32 Å². The van der Waals surface area contributed by atoms with Crippen LogP contribution in [0.15, 0.2) is 12.4 Å². The second-order valence-corrected chi connectivity index (χ2v) is 4.14. The maximum Gasteiger partial charge on any atom is 0.166 e. The zero-order valence-electron chi connectivity index (χ0n) is 9.07. The standard InChI is InChI=1S/C11H17N3O/c1-2-3-14-8-10(7-13-14)11(15)4-9-5-12-6-9/h7-9,12H,2-6H2,1H3. The molecule has 1 aliphatic heterocycles. The third kappa shape index (κ3) is 2.45. The number of rotatable bonds is 5. The molecule has 15 heavy (non-hydrogen) atoms. The SMILES string of the molecule is CCCn1cc(C(=O)CC2CNC2)cn1. The summed E-state index contributed by atoms with van der Waals surface area (Å²) in [5.74, 6) is 0.760. The Hall–Kier alpha value is -1.16. The first-order chi connectivity index (χ1) is 7.29. The number of nitrogens with one attached hydrogen (secondary N) is 1. The molecular formula is C11H17N3O. The molecule has 0 radical (unpaired) electrons. The van der Waals surface area contributed by atoms with Gasteiger partial charge >= 0.3 is 0 Å². The molecule has 1 aromatic rings. The number of hydrogen-bond acceptors (Lipinski definition) is 3. The van der Waals surface area contributed by atoms with Crippen molar-refractivity contribution in [2.45, 2.75) is 26.3 Å². The van der Waals surface area contributed by atoms with Gasteiger partial charge in [0.05, 0.1) is 11.8 Å². The summed E-state index contributed by atoms with van der Waals surface area (Å²) in [6, 6.07) is 0. The summed E-state index contributed by atoms with van der Waals surface area (Å²) in [7, 11) is 0. The lowest BCUT2D eigenvalue weighted by Crippen LogP contribution is -2.42. The smallest absolute Gasteiger partial charge is 0.166 e. The monoisotopic (exact) mass is 207 g/mol. The molecule has 0 atom stereocenters. The van der Waals surface area contributed by atoms with E-state index in [0.29, 0.717) is 12.3 Å². The van der Waals surface area contributed by atoms with Crippen LogP contribution in [0.5, 0.6) is 0 Å². The molecule has 1 aliphatic rings. The molecule has 0 unspecified atom stereocenters. The minimum Gasteiger partial charge on any atom is -0.316 e. The van der Waals surface area contributed by atoms with E-state index in [9.17, 15) is 4.79 Å². The van der Waals surface area contributed by atoms with Gasteiger partial charge in [-0.25, -0.2) is 0 Å². The van der Waals surface area contributed by atoms with E-state index in [1.807, 2.05) is 10.9 Å². The van der Waals surface area contributed by atoms with E-state index >= 15 is 0 Å². The first-order valence-electron chi connectivity index (χ1n) is 5.56. The van der Waals surface area contributed by atoms with E-state index < -0.39 is 0 Å². The quantitative estimate of drug-likeness (QED) is 0.735. The van der Waals surface area contributed by atoms with Crippen molar-refractivity contribution in [1.82, 2.24) is 15.1 Å². The Labute approximate surface area is 89.7 Å². The molecule has 0 amide bonds. The lowest BCUT2D eigenvalue weighted by Gasteiger charge is -2.25. The Kier molecular flexibility index (Phi) is 3.16. The van der Waals surface area contributed by atoms with E-state index in [1.165, 1.54) is 0 Å². The highest BCUT2D eigenvalue weighted by Crippen LogP contribution is 2.13. The maximum absolute atomic E-state index is 11.8. The van der Waals surface area contributed by atoms with Crippen molar-refractivity contribution in [1.29, 1.82) is 0 Å². The number of nitrogens with zero attached hydrogens (tertiary/aromatic N) is 2. The van der Waals surface area contributed by atoms with Gasteiger partial charge in [-0.05, 0) is 25.4 Å². The van der Waals surface area contributed by atoms with Crippen molar-refractivity contribution in [3.63, 3.8) is 0 Å². The van der Waals surface area contributed by atoms with Crippen LogP contribution >= 0.6 is 0 Å². The summed E-state index contributed by atoms with van der Waals surface area (Å²) in [6.07, 6.45) is 5.24. The second kappa shape index (κ2) is 4.57. The summed E-state index contributed by atoms with van der Waals surface area (Å²) >= 11 is 0. The van der Waals surface area contributed by atoms with Crippen molar-refractivity contribution in [3.05, 3.63) is 18.0 Å². The zero-order valence-corrected chi connectivity index (χ0v) is 9.07. The normalized spacial score (nSPS) is 16.3. The number of aromatic nitrogens is 2. The molecule has 0 bridgehead atoms. The van der Waals surface area contributed by atoms with E-state index in [0.717, 1.165) is 31.6 Å². The number of carbonyl (C=O) groups excluding carboxylic acids is 1. The Morgan fingerprint density at radius 3 is 3.07 bits per heavy atom. The lowest BCUT2D eigenvalue weighted by molar-refractivity contribution is 0.0945. The van der Waals surface area contributed by atoms with Crippen molar-refractivity contribution >= 4 is 5.78 Å². The summed E-state index contributed by atoms with van der Waals surface area (Å²) in [6.45, 7) is 4.95. The molecule has 1 fully saturated rings. The summed E-state index contributed by atoms with van der Waals surface area (Å²) in [5, 5.41) is 7.33. The van der Waals surface area contributed by atoms with Crippen LogP contribution in [0.1, 0.15) is 30.1 Å². The van der Waals surface area contributed by atoms with Gasteiger partial charge in [-0.1, -0.05) is 6.92 Å². The van der Waals surface area contributed by atoms with Gasteiger partial charge in [0.2, 0.25) is 0 Å². The number of hydrogen-bond donors (Lipinski definition) is 1. The van der Waals surface area contributed by atoms with Gasteiger partial charge in [-0.15, -0.1) is 0 Å². The van der Waals surface area contributed by atoms with E-state index in [-0.39, 0.29) is 5.78 Å². The molecule has 0 saturated carbocycles. The van der Waals surface area contributed by atoms with Crippen molar-refractivity contribution < 1.29 is 4.79 Å². The molecule has 1 N–H and O–H groups in total. The minimum absolute atomic E-state index is 0.226. The average Bonchev–Trinajstić information content (AvgIpc) is 2.60. The molecular weight excluding hydrogens is 190 g/mol. The highest BCUT2D eigenvalue weighted by atomic mass is 16.1. The van der Waals surface area contributed by atoms with Crippen LogP contribution in [-0.2, 0) is 6.54 Å². The van der Waals surface area contributed by atoms with Crippen LogP contribution in [0.4, 0.5) is 0 Å². The predicted molar refractivity (Wildman–Crippen MR) is 57.8 cm³/mol. The summed E-state index contributed by atoms with van der Waals surface area (Å²) < 4.78 is 1.84. The first kappa shape index (κ1) is 10.4. The van der Waals surface area contributed by atoms with Crippen LogP contribution in [-0.4, -0.2) is 28.7 Å². The Balaban J connectivity index is 1.92. The number of aryl methyl sites for hydroxylation is 1. The molecule has 82 valence electrons. The number of carbonyl (C=O) groups is 1. The van der Waals surface area contributed by atoms with Gasteiger partial charge in [-0.3, -0.25) is 9.48 Å². The van der Waals surface area contributed by atoms with Crippen LogP contribution in [0.3, 0.4) is 0 Å². The van der Waals surface area contributed by atoms with Crippen LogP contribution in [0.25, 0.3) is 0 Å². The molecule has 1 saturated heterocycles. The molecule has 0 aliphatic carbocycles. The maximum atomic E-state index is 11.8. The van der Waals surface area contributed by atoms with E-state index in [2.05, 4.69) is 17.3 Å². The third-order valence-corrected chi connectivity index (χ3v) is 2.75. The molecule has 2 heterocycles.